The van der Waals surface area contributed by atoms with Crippen LogP contribution in [0.15, 0.2) is 20.3 Å². The molecule has 0 bridgehead atoms. The van der Waals surface area contributed by atoms with Crippen LogP contribution in [0.4, 0.5) is 0 Å². The van der Waals surface area contributed by atoms with Gasteiger partial charge in [0.2, 0.25) is 5.89 Å². The van der Waals surface area contributed by atoms with Crippen molar-refractivity contribution in [3.05, 3.63) is 21.8 Å². The van der Waals surface area contributed by atoms with Gasteiger partial charge in [0.25, 0.3) is 5.89 Å². The molecule has 92 valence electrons. The van der Waals surface area contributed by atoms with Crippen molar-refractivity contribution in [3.8, 4) is 10.8 Å². The van der Waals surface area contributed by atoms with Crippen LogP contribution in [0.1, 0.15) is 5.89 Å². The number of hydrogen-bond donors (Lipinski definition) is 1. The van der Waals surface area contributed by atoms with Gasteiger partial charge in [0, 0.05) is 6.54 Å². The predicted molar refractivity (Wildman–Crippen MR) is 68.7 cm³/mol. The van der Waals surface area contributed by atoms with Crippen LogP contribution in [0.2, 0.25) is 0 Å². The van der Waals surface area contributed by atoms with Gasteiger partial charge in [0.1, 0.15) is 0 Å². The molecule has 7 heteroatoms. The predicted octanol–water partition coefficient (Wildman–Crippen LogP) is 1.98. The molecule has 2 rings (SSSR count). The van der Waals surface area contributed by atoms with Crippen LogP contribution < -0.4 is 0 Å². The number of nitrogens with zero attached hydrogens (tertiary/aromatic N) is 3. The topological polar surface area (TPSA) is 62.4 Å². The molecule has 0 saturated carbocycles. The number of hydrogen-bond acceptors (Lipinski definition) is 6. The van der Waals surface area contributed by atoms with Gasteiger partial charge < -0.3 is 9.52 Å². The Hall–Kier alpha value is -0.760. The smallest absolute Gasteiger partial charge is 0.257 e. The first kappa shape index (κ1) is 12.7. The highest BCUT2D eigenvalue weighted by atomic mass is 79.9. The summed E-state index contributed by atoms with van der Waals surface area (Å²) < 4.78 is 6.58. The van der Waals surface area contributed by atoms with Crippen molar-refractivity contribution in [1.82, 2.24) is 15.1 Å². The van der Waals surface area contributed by atoms with E-state index >= 15 is 0 Å². The molecule has 0 aliphatic heterocycles. The van der Waals surface area contributed by atoms with E-state index in [1.165, 1.54) is 0 Å². The molecule has 2 aromatic heterocycles. The molecule has 0 spiro atoms. The summed E-state index contributed by atoms with van der Waals surface area (Å²) in [6.07, 6.45) is 0. The first-order chi connectivity index (χ1) is 8.19. The van der Waals surface area contributed by atoms with Gasteiger partial charge in [-0.05, 0) is 35.1 Å². The van der Waals surface area contributed by atoms with E-state index in [1.807, 2.05) is 24.1 Å². The van der Waals surface area contributed by atoms with Gasteiger partial charge in [-0.2, -0.15) is 0 Å². The first-order valence-electron chi connectivity index (χ1n) is 5.06. The molecular weight excluding hydrogens is 306 g/mol. The zero-order valence-electron chi connectivity index (χ0n) is 9.26. The number of aliphatic hydroxyl groups is 1. The highest BCUT2D eigenvalue weighted by Gasteiger charge is 2.11. The van der Waals surface area contributed by atoms with Crippen LogP contribution in [0.5, 0.6) is 0 Å². The minimum atomic E-state index is 0.120. The van der Waals surface area contributed by atoms with Gasteiger partial charge in [-0.15, -0.1) is 21.5 Å². The fourth-order valence-corrected chi connectivity index (χ4v) is 2.63. The molecule has 17 heavy (non-hydrogen) atoms. The molecule has 1 N–H and O–H groups in total. The second kappa shape index (κ2) is 5.72. The summed E-state index contributed by atoms with van der Waals surface area (Å²) >= 11 is 4.94. The Labute approximate surface area is 111 Å². The lowest BCUT2D eigenvalue weighted by Gasteiger charge is -2.10. The van der Waals surface area contributed by atoms with Crippen molar-refractivity contribution in [2.45, 2.75) is 6.54 Å². The van der Waals surface area contributed by atoms with Crippen LogP contribution >= 0.6 is 27.3 Å². The lowest BCUT2D eigenvalue weighted by atomic mass is 10.5. The minimum Gasteiger partial charge on any atom is -0.419 e. The van der Waals surface area contributed by atoms with Crippen molar-refractivity contribution in [1.29, 1.82) is 0 Å². The number of aliphatic hydroxyl groups excluding tert-OH is 1. The average Bonchev–Trinajstić information content (AvgIpc) is 2.87. The standard InChI is InChI=1S/C10H12BrN3O2S/c1-14(4-5-15)6-9-12-13-10(16-9)7-2-3-8(11)17-7/h2-3,15H,4-6H2,1H3. The fraction of sp³-hybridized carbons (Fsp3) is 0.400. The summed E-state index contributed by atoms with van der Waals surface area (Å²) in [4.78, 5) is 2.86. The summed E-state index contributed by atoms with van der Waals surface area (Å²) in [5.74, 6) is 1.09. The molecule has 0 radical (unpaired) electrons. The second-order valence-electron chi connectivity index (χ2n) is 3.57. The number of rotatable bonds is 5. The Morgan fingerprint density at radius 2 is 2.29 bits per heavy atom. The van der Waals surface area contributed by atoms with Crippen molar-refractivity contribution in [2.75, 3.05) is 20.2 Å². The Bertz CT molecular complexity index is 485. The molecule has 0 unspecified atom stereocenters. The molecule has 2 heterocycles. The van der Waals surface area contributed by atoms with Gasteiger partial charge in [0.05, 0.1) is 21.8 Å². The second-order valence-corrected chi connectivity index (χ2v) is 6.03. The molecule has 5 nitrogen and oxygen atoms in total. The van der Waals surface area contributed by atoms with E-state index in [0.29, 0.717) is 24.9 Å². The van der Waals surface area contributed by atoms with Crippen LogP contribution in [0.25, 0.3) is 10.8 Å². The number of thiophene rings is 1. The third-order valence-corrected chi connectivity index (χ3v) is 3.75. The highest BCUT2D eigenvalue weighted by Crippen LogP contribution is 2.30. The quantitative estimate of drug-likeness (QED) is 0.913. The van der Waals surface area contributed by atoms with Crippen LogP contribution in [-0.2, 0) is 6.54 Å². The summed E-state index contributed by atoms with van der Waals surface area (Å²) in [6.45, 7) is 1.25. The molecule has 2 aromatic rings. The molecule has 0 aliphatic carbocycles. The SMILES string of the molecule is CN(CCO)Cc1nnc(-c2ccc(Br)s2)o1. The zero-order chi connectivity index (χ0) is 12.3. The Morgan fingerprint density at radius 1 is 1.47 bits per heavy atom. The molecule has 0 saturated heterocycles. The fourth-order valence-electron chi connectivity index (χ4n) is 1.33. The van der Waals surface area contributed by atoms with Crippen LogP contribution in [-0.4, -0.2) is 40.4 Å². The number of aromatic nitrogens is 2. The maximum absolute atomic E-state index is 8.79. The van der Waals surface area contributed by atoms with E-state index in [4.69, 9.17) is 9.52 Å². The minimum absolute atomic E-state index is 0.120. The molecule has 0 atom stereocenters. The maximum atomic E-state index is 8.79. The lowest BCUT2D eigenvalue weighted by molar-refractivity contribution is 0.206. The summed E-state index contributed by atoms with van der Waals surface area (Å²) in [5, 5.41) is 16.8. The van der Waals surface area contributed by atoms with Crippen LogP contribution in [0, 0.1) is 0 Å². The Kier molecular flexibility index (Phi) is 4.27. The van der Waals surface area contributed by atoms with Gasteiger partial charge >= 0.3 is 0 Å². The largest absolute Gasteiger partial charge is 0.419 e. The van der Waals surface area contributed by atoms with E-state index in [9.17, 15) is 0 Å². The van der Waals surface area contributed by atoms with E-state index in [0.717, 1.165) is 8.66 Å². The third-order valence-electron chi connectivity index (χ3n) is 2.14. The molecular formula is C10H12BrN3O2S. The zero-order valence-corrected chi connectivity index (χ0v) is 11.7. The van der Waals surface area contributed by atoms with Gasteiger partial charge in [-0.1, -0.05) is 0 Å². The maximum Gasteiger partial charge on any atom is 0.257 e. The number of likely N-dealkylation sites (N-methyl/N-ethyl adjacent to an activating group) is 1. The molecule has 0 aliphatic rings. The van der Waals surface area contributed by atoms with Crippen LogP contribution in [0.3, 0.4) is 0 Å². The van der Waals surface area contributed by atoms with Crippen molar-refractivity contribution in [2.24, 2.45) is 0 Å². The average molecular weight is 318 g/mol. The van der Waals surface area contributed by atoms with Gasteiger partial charge in [-0.3, -0.25) is 4.90 Å². The van der Waals surface area contributed by atoms with E-state index in [2.05, 4.69) is 26.1 Å². The number of halogens is 1. The Morgan fingerprint density at radius 3 is 2.94 bits per heavy atom. The molecule has 0 aromatic carbocycles. The summed E-state index contributed by atoms with van der Waals surface area (Å²) in [7, 11) is 1.89. The molecule has 0 fully saturated rings. The van der Waals surface area contributed by atoms with Crippen molar-refractivity contribution in [3.63, 3.8) is 0 Å². The van der Waals surface area contributed by atoms with E-state index < -0.39 is 0 Å². The van der Waals surface area contributed by atoms with Crippen molar-refractivity contribution >= 4 is 27.3 Å². The Balaban J connectivity index is 2.05. The summed E-state index contributed by atoms with van der Waals surface area (Å²) in [6, 6.07) is 3.88. The monoisotopic (exact) mass is 317 g/mol. The normalized spacial score (nSPS) is 11.3. The van der Waals surface area contributed by atoms with E-state index in [-0.39, 0.29) is 6.61 Å². The lowest BCUT2D eigenvalue weighted by Crippen LogP contribution is -2.21. The van der Waals surface area contributed by atoms with E-state index in [1.54, 1.807) is 11.3 Å². The third kappa shape index (κ3) is 3.35. The first-order valence-corrected chi connectivity index (χ1v) is 6.67. The van der Waals surface area contributed by atoms with Gasteiger partial charge in [-0.25, -0.2) is 0 Å². The highest BCUT2D eigenvalue weighted by molar-refractivity contribution is 9.11. The van der Waals surface area contributed by atoms with Gasteiger partial charge in [0.15, 0.2) is 0 Å². The summed E-state index contributed by atoms with van der Waals surface area (Å²) in [5.41, 5.74) is 0. The van der Waals surface area contributed by atoms with Crippen molar-refractivity contribution < 1.29 is 9.52 Å². The molecule has 0 amide bonds.